The average Bonchev–Trinajstić information content (AvgIpc) is 2.30. The molecule has 0 amide bonds. The van der Waals surface area contributed by atoms with E-state index in [4.69, 9.17) is 10.5 Å². The van der Waals surface area contributed by atoms with Crippen molar-refractivity contribution in [1.82, 2.24) is 0 Å². The fourth-order valence-corrected chi connectivity index (χ4v) is 1.11. The van der Waals surface area contributed by atoms with Gasteiger partial charge in [-0.15, -0.1) is 0 Å². The van der Waals surface area contributed by atoms with Crippen LogP contribution < -0.4 is 0 Å². The molecule has 4 heteroatoms. The van der Waals surface area contributed by atoms with Crippen molar-refractivity contribution in [2.24, 2.45) is 0 Å². The van der Waals surface area contributed by atoms with Crippen molar-refractivity contribution in [1.29, 1.82) is 10.5 Å². The molecule has 0 heterocycles. The molecule has 0 atom stereocenters. The van der Waals surface area contributed by atoms with E-state index in [2.05, 4.69) is 4.74 Å². The number of carbonyl (C=O) groups is 1. The third kappa shape index (κ3) is 2.32. The molecule has 15 heavy (non-hydrogen) atoms. The van der Waals surface area contributed by atoms with Crippen molar-refractivity contribution in [3.63, 3.8) is 0 Å². The summed E-state index contributed by atoms with van der Waals surface area (Å²) >= 11 is 0. The van der Waals surface area contributed by atoms with Gasteiger partial charge in [-0.2, -0.15) is 10.5 Å². The van der Waals surface area contributed by atoms with Crippen LogP contribution in [0.4, 0.5) is 0 Å². The summed E-state index contributed by atoms with van der Waals surface area (Å²) in [6, 6.07) is 9.91. The van der Waals surface area contributed by atoms with Gasteiger partial charge in [0.25, 0.3) is 0 Å². The Hall–Kier alpha value is -2.33. The van der Waals surface area contributed by atoms with Crippen LogP contribution in [0, 0.1) is 22.7 Å². The number of esters is 1. The summed E-state index contributed by atoms with van der Waals surface area (Å²) < 4.78 is 4.52. The molecule has 0 N–H and O–H groups in total. The predicted octanol–water partition coefficient (Wildman–Crippen LogP) is 1.60. The monoisotopic (exact) mass is 200 g/mol. The Labute approximate surface area is 87.3 Å². The molecule has 0 radical (unpaired) electrons. The van der Waals surface area contributed by atoms with Gasteiger partial charge in [0.05, 0.1) is 24.8 Å². The van der Waals surface area contributed by atoms with Gasteiger partial charge in [-0.05, 0) is 17.7 Å². The molecule has 0 saturated heterocycles. The minimum atomic E-state index is -0.795. The van der Waals surface area contributed by atoms with E-state index < -0.39 is 11.9 Å². The van der Waals surface area contributed by atoms with Crippen molar-refractivity contribution in [2.45, 2.75) is 5.92 Å². The second kappa shape index (κ2) is 4.78. The third-order valence-electron chi connectivity index (χ3n) is 1.92. The van der Waals surface area contributed by atoms with Crippen molar-refractivity contribution >= 4 is 5.97 Å². The largest absolute Gasteiger partial charge is 0.465 e. The predicted molar refractivity (Wildman–Crippen MR) is 51.7 cm³/mol. The SMILES string of the molecule is COC(=O)c1ccc(C(C#N)C#N)cc1. The van der Waals surface area contributed by atoms with E-state index >= 15 is 0 Å². The number of hydrogen-bond acceptors (Lipinski definition) is 4. The first-order valence-corrected chi connectivity index (χ1v) is 4.20. The molecule has 4 nitrogen and oxygen atoms in total. The van der Waals surface area contributed by atoms with Crippen LogP contribution >= 0.6 is 0 Å². The molecule has 1 rings (SSSR count). The number of nitriles is 2. The smallest absolute Gasteiger partial charge is 0.337 e. The highest BCUT2D eigenvalue weighted by molar-refractivity contribution is 5.89. The van der Waals surface area contributed by atoms with Crippen molar-refractivity contribution in [2.75, 3.05) is 7.11 Å². The Morgan fingerprint density at radius 2 is 1.80 bits per heavy atom. The Kier molecular flexibility index (Phi) is 3.43. The van der Waals surface area contributed by atoms with E-state index in [9.17, 15) is 4.79 Å². The van der Waals surface area contributed by atoms with E-state index in [-0.39, 0.29) is 0 Å². The van der Waals surface area contributed by atoms with Gasteiger partial charge >= 0.3 is 5.97 Å². The fraction of sp³-hybridized carbons (Fsp3) is 0.182. The van der Waals surface area contributed by atoms with Crippen LogP contribution in [0.2, 0.25) is 0 Å². The maximum Gasteiger partial charge on any atom is 0.337 e. The van der Waals surface area contributed by atoms with Crippen LogP contribution in [0.5, 0.6) is 0 Å². The number of carbonyl (C=O) groups excluding carboxylic acids is 1. The van der Waals surface area contributed by atoms with Gasteiger partial charge in [-0.1, -0.05) is 12.1 Å². The van der Waals surface area contributed by atoms with E-state index in [1.165, 1.54) is 19.2 Å². The first-order valence-electron chi connectivity index (χ1n) is 4.20. The second-order valence-corrected chi connectivity index (χ2v) is 2.80. The standard InChI is InChI=1S/C11H8N2O2/c1-15-11(14)9-4-2-8(3-5-9)10(6-12)7-13/h2-5,10H,1H3. The molecular weight excluding hydrogens is 192 g/mol. The fourth-order valence-electron chi connectivity index (χ4n) is 1.11. The topological polar surface area (TPSA) is 73.9 Å². The normalized spacial score (nSPS) is 9.07. The maximum atomic E-state index is 11.1. The molecule has 0 aliphatic rings. The molecular formula is C11H8N2O2. The van der Waals surface area contributed by atoms with Gasteiger partial charge in [0.2, 0.25) is 0 Å². The number of nitrogens with zero attached hydrogens (tertiary/aromatic N) is 2. The molecule has 1 aromatic carbocycles. The summed E-state index contributed by atoms with van der Waals surface area (Å²) in [6.45, 7) is 0. The van der Waals surface area contributed by atoms with Crippen LogP contribution in [-0.4, -0.2) is 13.1 Å². The van der Waals surface area contributed by atoms with Crippen LogP contribution in [0.3, 0.4) is 0 Å². The number of benzene rings is 1. The minimum absolute atomic E-state index is 0.399. The summed E-state index contributed by atoms with van der Waals surface area (Å²) in [6.07, 6.45) is 0. The molecule has 0 unspecified atom stereocenters. The van der Waals surface area contributed by atoms with E-state index in [1.807, 2.05) is 12.1 Å². The highest BCUT2D eigenvalue weighted by Gasteiger charge is 2.10. The molecule has 0 aliphatic carbocycles. The highest BCUT2D eigenvalue weighted by atomic mass is 16.5. The minimum Gasteiger partial charge on any atom is -0.465 e. The van der Waals surface area contributed by atoms with Crippen molar-refractivity contribution in [3.8, 4) is 12.1 Å². The lowest BCUT2D eigenvalue weighted by Crippen LogP contribution is -2.01. The van der Waals surface area contributed by atoms with Crippen LogP contribution in [-0.2, 0) is 4.74 Å². The Balaban J connectivity index is 2.97. The maximum absolute atomic E-state index is 11.1. The van der Waals surface area contributed by atoms with E-state index in [1.54, 1.807) is 12.1 Å². The first kappa shape index (κ1) is 10.7. The number of hydrogen-bond donors (Lipinski definition) is 0. The van der Waals surface area contributed by atoms with Gasteiger partial charge in [0, 0.05) is 0 Å². The summed E-state index contributed by atoms with van der Waals surface area (Å²) in [7, 11) is 1.30. The van der Waals surface area contributed by atoms with Crippen LogP contribution in [0.15, 0.2) is 24.3 Å². The number of methoxy groups -OCH3 is 1. The van der Waals surface area contributed by atoms with Gasteiger partial charge in [-0.25, -0.2) is 4.79 Å². The van der Waals surface area contributed by atoms with Crippen LogP contribution in [0.25, 0.3) is 0 Å². The average molecular weight is 200 g/mol. The molecule has 0 fully saturated rings. The van der Waals surface area contributed by atoms with E-state index in [0.717, 1.165) is 0 Å². The first-order chi connectivity index (χ1) is 7.22. The Morgan fingerprint density at radius 3 is 2.20 bits per heavy atom. The number of rotatable bonds is 2. The zero-order valence-corrected chi connectivity index (χ0v) is 8.10. The number of ether oxygens (including phenoxy) is 1. The van der Waals surface area contributed by atoms with Crippen LogP contribution in [0.1, 0.15) is 21.8 Å². The molecule has 0 saturated carbocycles. The lowest BCUT2D eigenvalue weighted by Gasteiger charge is -2.02. The summed E-state index contributed by atoms with van der Waals surface area (Å²) in [5.74, 6) is -1.23. The summed E-state index contributed by atoms with van der Waals surface area (Å²) in [4.78, 5) is 11.1. The molecule has 0 aliphatic heterocycles. The lowest BCUT2D eigenvalue weighted by molar-refractivity contribution is 0.0600. The Morgan fingerprint density at radius 1 is 1.27 bits per heavy atom. The lowest BCUT2D eigenvalue weighted by atomic mass is 10.0. The Bertz CT molecular complexity index is 423. The van der Waals surface area contributed by atoms with Gasteiger partial charge in [-0.3, -0.25) is 0 Å². The zero-order valence-electron chi connectivity index (χ0n) is 8.10. The third-order valence-corrected chi connectivity index (χ3v) is 1.92. The molecule has 0 bridgehead atoms. The van der Waals surface area contributed by atoms with Gasteiger partial charge in [0.15, 0.2) is 5.92 Å². The van der Waals surface area contributed by atoms with Crippen molar-refractivity contribution < 1.29 is 9.53 Å². The molecule has 0 spiro atoms. The quantitative estimate of drug-likeness (QED) is 0.679. The molecule has 1 aromatic rings. The summed E-state index contributed by atoms with van der Waals surface area (Å²) in [5, 5.41) is 17.3. The molecule has 74 valence electrons. The second-order valence-electron chi connectivity index (χ2n) is 2.80. The highest BCUT2D eigenvalue weighted by Crippen LogP contribution is 2.15. The van der Waals surface area contributed by atoms with E-state index in [0.29, 0.717) is 11.1 Å². The van der Waals surface area contributed by atoms with Gasteiger partial charge < -0.3 is 4.74 Å². The van der Waals surface area contributed by atoms with Crippen molar-refractivity contribution in [3.05, 3.63) is 35.4 Å². The summed E-state index contributed by atoms with van der Waals surface area (Å²) in [5.41, 5.74) is 0.975. The molecule has 0 aromatic heterocycles. The van der Waals surface area contributed by atoms with Gasteiger partial charge in [0.1, 0.15) is 0 Å². The zero-order chi connectivity index (χ0) is 11.3.